The Labute approximate surface area is 128 Å². The smallest absolute Gasteiger partial charge is 0.200 e. The van der Waals surface area contributed by atoms with Gasteiger partial charge in [-0.3, -0.25) is 4.79 Å². The van der Waals surface area contributed by atoms with Gasteiger partial charge in [-0.1, -0.05) is 72.4 Å². The van der Waals surface area contributed by atoms with Gasteiger partial charge in [-0.2, -0.15) is 11.8 Å². The van der Waals surface area contributed by atoms with E-state index in [0.29, 0.717) is 5.25 Å². The molecule has 0 aliphatic carbocycles. The summed E-state index contributed by atoms with van der Waals surface area (Å²) >= 11 is 3.43. The molecule has 1 heterocycles. The minimum atomic E-state index is -0.147. The third kappa shape index (κ3) is 3.47. The molecule has 1 fully saturated rings. The second-order valence-electron chi connectivity index (χ2n) is 4.84. The Balaban J connectivity index is 1.84. The monoisotopic (exact) mass is 300 g/mol. The standard InChI is InChI=1S/C17H16OS2/c18-17(20-12-15-11-19-15)16(13-7-3-1-4-8-13)14-9-5-2-6-10-14/h1-10,15-16H,11-12H2. The first kappa shape index (κ1) is 13.8. The van der Waals surface area contributed by atoms with Gasteiger partial charge < -0.3 is 0 Å². The third-order valence-corrected chi connectivity index (χ3v) is 5.59. The summed E-state index contributed by atoms with van der Waals surface area (Å²) in [7, 11) is 0. The zero-order valence-electron chi connectivity index (χ0n) is 11.1. The van der Waals surface area contributed by atoms with Crippen LogP contribution in [0.15, 0.2) is 60.7 Å². The molecule has 0 spiro atoms. The lowest BCUT2D eigenvalue weighted by Crippen LogP contribution is -2.12. The molecule has 1 saturated heterocycles. The van der Waals surface area contributed by atoms with E-state index in [0.717, 1.165) is 16.9 Å². The Morgan fingerprint density at radius 1 is 1.05 bits per heavy atom. The Morgan fingerprint density at radius 3 is 2.00 bits per heavy atom. The first-order valence-corrected chi connectivity index (χ1v) is 8.76. The number of benzene rings is 2. The van der Waals surface area contributed by atoms with Gasteiger partial charge in [-0.25, -0.2) is 0 Å². The molecular formula is C17H16OS2. The van der Waals surface area contributed by atoms with Crippen molar-refractivity contribution in [1.82, 2.24) is 0 Å². The van der Waals surface area contributed by atoms with E-state index in [1.165, 1.54) is 17.5 Å². The van der Waals surface area contributed by atoms with E-state index in [-0.39, 0.29) is 11.0 Å². The quantitative estimate of drug-likeness (QED) is 0.771. The van der Waals surface area contributed by atoms with E-state index in [4.69, 9.17) is 0 Å². The summed E-state index contributed by atoms with van der Waals surface area (Å²) < 4.78 is 0. The van der Waals surface area contributed by atoms with Gasteiger partial charge in [0, 0.05) is 16.8 Å². The second kappa shape index (κ2) is 6.51. The van der Waals surface area contributed by atoms with Gasteiger partial charge >= 0.3 is 0 Å². The molecule has 2 aromatic rings. The molecule has 1 unspecified atom stereocenters. The molecule has 0 saturated carbocycles. The van der Waals surface area contributed by atoms with E-state index in [9.17, 15) is 4.79 Å². The highest BCUT2D eigenvalue weighted by Gasteiger charge is 2.27. The Bertz CT molecular complexity index is 525. The van der Waals surface area contributed by atoms with Gasteiger partial charge in [-0.05, 0) is 11.1 Å². The number of hydrogen-bond donors (Lipinski definition) is 0. The summed E-state index contributed by atoms with van der Waals surface area (Å²) in [4.78, 5) is 12.6. The highest BCUT2D eigenvalue weighted by Crippen LogP contribution is 2.36. The van der Waals surface area contributed by atoms with E-state index < -0.39 is 0 Å². The summed E-state index contributed by atoms with van der Waals surface area (Å²) in [6, 6.07) is 20.2. The molecule has 3 rings (SSSR count). The minimum absolute atomic E-state index is 0.147. The molecule has 0 bridgehead atoms. The second-order valence-corrected chi connectivity index (χ2v) is 7.20. The molecule has 1 nitrogen and oxygen atoms in total. The summed E-state index contributed by atoms with van der Waals surface area (Å²) in [5, 5.41) is 0.950. The van der Waals surface area contributed by atoms with Gasteiger partial charge in [0.25, 0.3) is 0 Å². The highest BCUT2D eigenvalue weighted by molar-refractivity contribution is 8.15. The summed E-state index contributed by atoms with van der Waals surface area (Å²) in [5.74, 6) is 2.01. The lowest BCUT2D eigenvalue weighted by Gasteiger charge is -2.16. The summed E-state index contributed by atoms with van der Waals surface area (Å²) in [5.41, 5.74) is 2.17. The molecule has 102 valence electrons. The van der Waals surface area contributed by atoms with Gasteiger partial charge in [-0.15, -0.1) is 0 Å². The summed E-state index contributed by atoms with van der Waals surface area (Å²) in [6.45, 7) is 0. The van der Waals surface area contributed by atoms with Crippen LogP contribution in [0.5, 0.6) is 0 Å². The molecule has 1 atom stereocenters. The first-order valence-electron chi connectivity index (χ1n) is 6.73. The van der Waals surface area contributed by atoms with Crippen molar-refractivity contribution in [3.05, 3.63) is 71.8 Å². The van der Waals surface area contributed by atoms with Crippen molar-refractivity contribution in [2.75, 3.05) is 11.5 Å². The van der Waals surface area contributed by atoms with Crippen molar-refractivity contribution in [2.45, 2.75) is 11.2 Å². The fourth-order valence-corrected chi connectivity index (χ4v) is 4.08. The number of thioether (sulfide) groups is 2. The summed E-state index contributed by atoms with van der Waals surface area (Å²) in [6.07, 6.45) is 0. The number of carbonyl (C=O) groups is 1. The van der Waals surface area contributed by atoms with Gasteiger partial charge in [0.15, 0.2) is 0 Å². The molecule has 1 aliphatic rings. The number of rotatable bonds is 5. The zero-order chi connectivity index (χ0) is 13.8. The normalized spacial score (nSPS) is 17.1. The number of hydrogen-bond acceptors (Lipinski definition) is 3. The Morgan fingerprint density at radius 2 is 1.55 bits per heavy atom. The van der Waals surface area contributed by atoms with Crippen LogP contribution in [0.2, 0.25) is 0 Å². The highest BCUT2D eigenvalue weighted by atomic mass is 32.2. The lowest BCUT2D eigenvalue weighted by molar-refractivity contribution is -0.111. The van der Waals surface area contributed by atoms with Crippen molar-refractivity contribution < 1.29 is 4.79 Å². The third-order valence-electron chi connectivity index (χ3n) is 3.32. The maximum absolute atomic E-state index is 12.6. The Hall–Kier alpha value is -1.19. The van der Waals surface area contributed by atoms with Crippen LogP contribution >= 0.6 is 23.5 Å². The molecule has 2 aromatic carbocycles. The molecule has 20 heavy (non-hydrogen) atoms. The molecule has 3 heteroatoms. The van der Waals surface area contributed by atoms with E-state index in [2.05, 4.69) is 0 Å². The van der Waals surface area contributed by atoms with Crippen molar-refractivity contribution in [3.63, 3.8) is 0 Å². The van der Waals surface area contributed by atoms with Crippen LogP contribution < -0.4 is 0 Å². The maximum Gasteiger partial charge on any atom is 0.200 e. The first-order chi connectivity index (χ1) is 9.84. The van der Waals surface area contributed by atoms with Crippen LogP contribution in [0.25, 0.3) is 0 Å². The van der Waals surface area contributed by atoms with Gasteiger partial charge in [0.05, 0.1) is 5.92 Å². The SMILES string of the molecule is O=C(SCC1CS1)C(c1ccccc1)c1ccccc1. The van der Waals surface area contributed by atoms with Crippen LogP contribution in [0.1, 0.15) is 17.0 Å². The van der Waals surface area contributed by atoms with Crippen LogP contribution in [0, 0.1) is 0 Å². The fourth-order valence-electron chi connectivity index (χ4n) is 2.18. The van der Waals surface area contributed by atoms with E-state index >= 15 is 0 Å². The molecule has 0 aromatic heterocycles. The van der Waals surface area contributed by atoms with E-state index in [1.807, 2.05) is 72.4 Å². The average molecular weight is 300 g/mol. The Kier molecular flexibility index (Phi) is 4.48. The lowest BCUT2D eigenvalue weighted by atomic mass is 9.92. The van der Waals surface area contributed by atoms with Crippen LogP contribution in [-0.4, -0.2) is 21.9 Å². The molecule has 0 radical (unpaired) electrons. The predicted molar refractivity (Wildman–Crippen MR) is 88.4 cm³/mol. The zero-order valence-corrected chi connectivity index (χ0v) is 12.7. The van der Waals surface area contributed by atoms with Crippen molar-refractivity contribution >= 4 is 28.6 Å². The molecule has 1 aliphatic heterocycles. The fraction of sp³-hybridized carbons (Fsp3) is 0.235. The van der Waals surface area contributed by atoms with Crippen LogP contribution in [0.4, 0.5) is 0 Å². The predicted octanol–water partition coefficient (Wildman–Crippen LogP) is 4.19. The van der Waals surface area contributed by atoms with Crippen molar-refractivity contribution in [2.24, 2.45) is 0 Å². The number of carbonyl (C=O) groups excluding carboxylic acids is 1. The van der Waals surface area contributed by atoms with Gasteiger partial charge in [0.2, 0.25) is 5.12 Å². The molecule has 0 amide bonds. The van der Waals surface area contributed by atoms with Crippen LogP contribution in [0.3, 0.4) is 0 Å². The van der Waals surface area contributed by atoms with Crippen molar-refractivity contribution in [3.8, 4) is 0 Å². The minimum Gasteiger partial charge on any atom is -0.286 e. The van der Waals surface area contributed by atoms with E-state index in [1.54, 1.807) is 0 Å². The topological polar surface area (TPSA) is 17.1 Å². The molecule has 0 N–H and O–H groups in total. The molecular weight excluding hydrogens is 284 g/mol. The van der Waals surface area contributed by atoms with Crippen molar-refractivity contribution in [1.29, 1.82) is 0 Å². The average Bonchev–Trinajstić information content (AvgIpc) is 3.32. The largest absolute Gasteiger partial charge is 0.286 e. The van der Waals surface area contributed by atoms with Gasteiger partial charge in [0.1, 0.15) is 0 Å². The maximum atomic E-state index is 12.6. The van der Waals surface area contributed by atoms with Crippen LogP contribution in [-0.2, 0) is 4.79 Å².